The summed E-state index contributed by atoms with van der Waals surface area (Å²) in [5.41, 5.74) is -1.76. The Morgan fingerprint density at radius 2 is 0.926 bits per heavy atom. The van der Waals surface area contributed by atoms with Gasteiger partial charge in [0.15, 0.2) is 0 Å². The van der Waals surface area contributed by atoms with Crippen LogP contribution in [0.4, 0.5) is 26.3 Å². The van der Waals surface area contributed by atoms with E-state index in [1.54, 1.807) is 0 Å². The maximum absolute atomic E-state index is 14.1. The lowest BCUT2D eigenvalue weighted by atomic mass is 10.1. The third-order valence-electron chi connectivity index (χ3n) is 3.76. The van der Waals surface area contributed by atoms with E-state index < -0.39 is 35.7 Å². The number of ether oxygens (including phenoxy) is 3. The normalized spacial score (nSPS) is 14.5. The van der Waals surface area contributed by atoms with Crippen LogP contribution >= 0.6 is 0 Å². The Balaban J connectivity index is 2.14. The van der Waals surface area contributed by atoms with Crippen LogP contribution in [0, 0.1) is 0 Å². The number of hydrogen-bond acceptors (Lipinski definition) is 3. The molecule has 27 heavy (non-hydrogen) atoms. The van der Waals surface area contributed by atoms with Gasteiger partial charge in [0, 0.05) is 11.1 Å². The summed E-state index contributed by atoms with van der Waals surface area (Å²) >= 11 is 0. The van der Waals surface area contributed by atoms with Crippen LogP contribution in [0.2, 0.25) is 0 Å². The maximum Gasteiger partial charge on any atom is 0.327 e. The fourth-order valence-corrected chi connectivity index (χ4v) is 2.16. The molecule has 9 heteroatoms. The molecule has 0 saturated carbocycles. The molecule has 2 aromatic carbocycles. The zero-order valence-corrected chi connectivity index (χ0v) is 14.3. The SMILES string of the molecule is COc1ccc(C(F)(F)[C@H](F)O[C@H](F)C(F)(F)c2ccc(OC)cc2)cc1. The first-order chi connectivity index (χ1) is 12.6. The highest BCUT2D eigenvalue weighted by Crippen LogP contribution is 2.40. The first-order valence-corrected chi connectivity index (χ1v) is 7.61. The standard InChI is InChI=1S/C18H16F6O3/c1-25-13-7-3-11(4-8-13)17(21,22)15(19)27-16(20)18(23,24)12-5-9-14(26-2)10-6-12/h3-10,15-16H,1-2H3/t15-,16+. The number of halogens is 6. The summed E-state index contributed by atoms with van der Waals surface area (Å²) in [7, 11) is 2.59. The van der Waals surface area contributed by atoms with Gasteiger partial charge in [0.25, 0.3) is 12.7 Å². The first kappa shape index (κ1) is 20.9. The summed E-state index contributed by atoms with van der Waals surface area (Å²) in [5.74, 6) is -8.26. The summed E-state index contributed by atoms with van der Waals surface area (Å²) in [6.45, 7) is 0. The van der Waals surface area contributed by atoms with Crippen LogP contribution < -0.4 is 9.47 Å². The monoisotopic (exact) mass is 394 g/mol. The van der Waals surface area contributed by atoms with Gasteiger partial charge in [-0.3, -0.25) is 0 Å². The highest BCUT2D eigenvalue weighted by molar-refractivity contribution is 5.31. The fourth-order valence-electron chi connectivity index (χ4n) is 2.16. The van der Waals surface area contributed by atoms with Crippen LogP contribution in [0.15, 0.2) is 48.5 Å². The summed E-state index contributed by atoms with van der Waals surface area (Å²) < 4.78 is 97.3. The Labute approximate surface area is 151 Å². The lowest BCUT2D eigenvalue weighted by molar-refractivity contribution is -0.295. The Hall–Kier alpha value is -2.42. The number of methoxy groups -OCH3 is 2. The molecule has 0 saturated heterocycles. The van der Waals surface area contributed by atoms with E-state index in [1.165, 1.54) is 14.2 Å². The fraction of sp³-hybridized carbons (Fsp3) is 0.333. The summed E-state index contributed by atoms with van der Waals surface area (Å²) in [6, 6.07) is 7.77. The van der Waals surface area contributed by atoms with E-state index in [1.807, 2.05) is 0 Å². The predicted molar refractivity (Wildman–Crippen MR) is 84.7 cm³/mol. The Bertz CT molecular complexity index is 670. The van der Waals surface area contributed by atoms with Crippen molar-refractivity contribution in [2.24, 2.45) is 0 Å². The van der Waals surface area contributed by atoms with Crippen molar-refractivity contribution < 1.29 is 40.6 Å². The van der Waals surface area contributed by atoms with E-state index in [2.05, 4.69) is 4.74 Å². The third kappa shape index (κ3) is 4.47. The number of rotatable bonds is 8. The average Bonchev–Trinajstić information content (AvgIpc) is 2.67. The van der Waals surface area contributed by atoms with E-state index in [-0.39, 0.29) is 11.5 Å². The van der Waals surface area contributed by atoms with E-state index >= 15 is 0 Å². The van der Waals surface area contributed by atoms with Crippen molar-refractivity contribution in [3.8, 4) is 11.5 Å². The van der Waals surface area contributed by atoms with E-state index in [4.69, 9.17) is 9.47 Å². The number of benzene rings is 2. The van der Waals surface area contributed by atoms with Gasteiger partial charge in [-0.15, -0.1) is 0 Å². The molecule has 2 rings (SSSR count). The molecule has 0 radical (unpaired) electrons. The van der Waals surface area contributed by atoms with Crippen LogP contribution in [-0.4, -0.2) is 26.9 Å². The second kappa shape index (κ2) is 8.08. The molecule has 0 aliphatic heterocycles. The molecule has 2 atom stereocenters. The summed E-state index contributed by atoms with van der Waals surface area (Å²) in [5, 5.41) is 0. The molecule has 0 spiro atoms. The van der Waals surface area contributed by atoms with Crippen molar-refractivity contribution in [3.05, 3.63) is 59.7 Å². The maximum atomic E-state index is 14.1. The minimum absolute atomic E-state index is 0.222. The number of hydrogen-bond donors (Lipinski definition) is 0. The molecule has 3 nitrogen and oxygen atoms in total. The third-order valence-corrected chi connectivity index (χ3v) is 3.76. The second-order valence-electron chi connectivity index (χ2n) is 5.47. The van der Waals surface area contributed by atoms with Gasteiger partial charge in [0.1, 0.15) is 11.5 Å². The van der Waals surface area contributed by atoms with Gasteiger partial charge in [-0.2, -0.15) is 17.6 Å². The van der Waals surface area contributed by atoms with Gasteiger partial charge < -0.3 is 14.2 Å². The minimum atomic E-state index is -4.35. The molecule has 0 aliphatic rings. The van der Waals surface area contributed by atoms with Gasteiger partial charge in [-0.25, -0.2) is 8.78 Å². The van der Waals surface area contributed by atoms with Crippen molar-refractivity contribution in [2.75, 3.05) is 14.2 Å². The van der Waals surface area contributed by atoms with Crippen molar-refractivity contribution in [1.82, 2.24) is 0 Å². The van der Waals surface area contributed by atoms with Crippen molar-refractivity contribution >= 4 is 0 Å². The zero-order valence-electron chi connectivity index (χ0n) is 14.3. The van der Waals surface area contributed by atoms with Gasteiger partial charge in [-0.05, 0) is 48.5 Å². The lowest BCUT2D eigenvalue weighted by Crippen LogP contribution is -2.38. The summed E-state index contributed by atoms with van der Waals surface area (Å²) in [6.07, 6.45) is -7.27. The molecular formula is C18H16F6O3. The van der Waals surface area contributed by atoms with Crippen LogP contribution in [0.25, 0.3) is 0 Å². The van der Waals surface area contributed by atoms with Crippen LogP contribution in [-0.2, 0) is 16.6 Å². The van der Waals surface area contributed by atoms with E-state index in [0.29, 0.717) is 0 Å². The Morgan fingerprint density at radius 1 is 0.630 bits per heavy atom. The minimum Gasteiger partial charge on any atom is -0.497 e. The van der Waals surface area contributed by atoms with E-state index in [9.17, 15) is 26.3 Å². The average molecular weight is 394 g/mol. The van der Waals surface area contributed by atoms with Crippen LogP contribution in [0.3, 0.4) is 0 Å². The Morgan fingerprint density at radius 3 is 1.19 bits per heavy atom. The molecule has 0 amide bonds. The molecule has 0 aliphatic carbocycles. The molecule has 0 aromatic heterocycles. The Kier molecular flexibility index (Phi) is 6.25. The number of alkyl halides is 6. The second-order valence-corrected chi connectivity index (χ2v) is 5.47. The predicted octanol–water partition coefficient (Wildman–Crippen LogP) is 5.20. The van der Waals surface area contributed by atoms with E-state index in [0.717, 1.165) is 48.5 Å². The van der Waals surface area contributed by atoms with Crippen LogP contribution in [0.5, 0.6) is 11.5 Å². The lowest BCUT2D eigenvalue weighted by Gasteiger charge is -2.26. The quantitative estimate of drug-likeness (QED) is 0.577. The van der Waals surface area contributed by atoms with Gasteiger partial charge in [-0.1, -0.05) is 0 Å². The molecular weight excluding hydrogens is 378 g/mol. The first-order valence-electron chi connectivity index (χ1n) is 7.61. The zero-order chi connectivity index (χ0) is 20.2. The van der Waals surface area contributed by atoms with Gasteiger partial charge in [0.2, 0.25) is 0 Å². The molecule has 148 valence electrons. The molecule has 0 unspecified atom stereocenters. The smallest absolute Gasteiger partial charge is 0.327 e. The largest absolute Gasteiger partial charge is 0.497 e. The molecule has 0 N–H and O–H groups in total. The highest BCUT2D eigenvalue weighted by atomic mass is 19.3. The van der Waals surface area contributed by atoms with Gasteiger partial charge >= 0.3 is 11.8 Å². The van der Waals surface area contributed by atoms with Crippen molar-refractivity contribution in [1.29, 1.82) is 0 Å². The topological polar surface area (TPSA) is 27.7 Å². The molecule has 0 fully saturated rings. The molecule has 2 aromatic rings. The van der Waals surface area contributed by atoms with Crippen molar-refractivity contribution in [2.45, 2.75) is 24.6 Å². The van der Waals surface area contributed by atoms with Gasteiger partial charge in [0.05, 0.1) is 14.2 Å². The molecule has 0 bridgehead atoms. The highest BCUT2D eigenvalue weighted by Gasteiger charge is 2.50. The van der Waals surface area contributed by atoms with Crippen LogP contribution in [0.1, 0.15) is 11.1 Å². The summed E-state index contributed by atoms with van der Waals surface area (Å²) in [4.78, 5) is 0. The van der Waals surface area contributed by atoms with Crippen molar-refractivity contribution in [3.63, 3.8) is 0 Å². The molecule has 0 heterocycles.